The molecule has 0 atom stereocenters. The van der Waals surface area contributed by atoms with Crippen LogP contribution in [0.15, 0.2) is 12.3 Å². The Hall–Kier alpha value is -1.56. The number of carbonyl (C=O) groups excluding carboxylic acids is 2. The van der Waals surface area contributed by atoms with Crippen molar-refractivity contribution < 1.29 is 23.8 Å². The number of rotatable bonds is 6. The average molecular weight is 313 g/mol. The molecule has 6 heteroatoms. The van der Waals surface area contributed by atoms with E-state index in [1.807, 2.05) is 20.8 Å². The van der Waals surface area contributed by atoms with Crippen molar-refractivity contribution in [2.24, 2.45) is 0 Å². The van der Waals surface area contributed by atoms with Crippen LogP contribution in [0.5, 0.6) is 0 Å². The van der Waals surface area contributed by atoms with Gasteiger partial charge < -0.3 is 19.5 Å². The summed E-state index contributed by atoms with van der Waals surface area (Å²) in [5.41, 5.74) is -0.448. The molecule has 1 N–H and O–H groups in total. The van der Waals surface area contributed by atoms with Gasteiger partial charge in [0.25, 0.3) is 0 Å². The monoisotopic (exact) mass is 313 g/mol. The molecule has 0 unspecified atom stereocenters. The molecule has 0 amide bonds. The van der Waals surface area contributed by atoms with Crippen LogP contribution < -0.4 is 5.32 Å². The number of ether oxygens (including phenoxy) is 3. The predicted molar refractivity (Wildman–Crippen MR) is 82.1 cm³/mol. The van der Waals surface area contributed by atoms with Gasteiger partial charge in [-0.25, -0.2) is 4.79 Å². The van der Waals surface area contributed by atoms with Crippen LogP contribution in [0.4, 0.5) is 0 Å². The van der Waals surface area contributed by atoms with E-state index in [-0.39, 0.29) is 18.6 Å². The van der Waals surface area contributed by atoms with Crippen molar-refractivity contribution in [2.75, 3.05) is 13.7 Å². The van der Waals surface area contributed by atoms with E-state index >= 15 is 0 Å². The lowest BCUT2D eigenvalue weighted by Gasteiger charge is -2.29. The Morgan fingerprint density at radius 2 is 1.82 bits per heavy atom. The topological polar surface area (TPSA) is 73.9 Å². The van der Waals surface area contributed by atoms with Crippen LogP contribution in [0.25, 0.3) is 0 Å². The highest BCUT2D eigenvalue weighted by Gasteiger charge is 2.23. The van der Waals surface area contributed by atoms with E-state index in [4.69, 9.17) is 9.47 Å². The third-order valence-corrected chi connectivity index (χ3v) is 3.31. The Labute approximate surface area is 132 Å². The molecule has 0 radical (unpaired) electrons. The molecule has 1 fully saturated rings. The van der Waals surface area contributed by atoms with E-state index in [0.717, 1.165) is 25.7 Å². The quantitative estimate of drug-likeness (QED) is 0.459. The normalized spacial score (nSPS) is 22.4. The molecule has 1 aliphatic rings. The third kappa shape index (κ3) is 8.02. The summed E-state index contributed by atoms with van der Waals surface area (Å²) in [5, 5.41) is 3.23. The van der Waals surface area contributed by atoms with Crippen molar-refractivity contribution in [2.45, 2.75) is 64.2 Å². The Morgan fingerprint density at radius 3 is 2.36 bits per heavy atom. The van der Waals surface area contributed by atoms with Crippen LogP contribution in [0.1, 0.15) is 46.5 Å². The predicted octanol–water partition coefficient (Wildman–Crippen LogP) is 1.93. The SMILES string of the molecule is COC(=O)/C=C/OC1CCC(NCC(=O)OC(C)(C)C)CC1. The Bertz CT molecular complexity index is 392. The van der Waals surface area contributed by atoms with Crippen molar-refractivity contribution in [3.8, 4) is 0 Å². The fourth-order valence-electron chi connectivity index (χ4n) is 2.28. The van der Waals surface area contributed by atoms with E-state index in [2.05, 4.69) is 10.1 Å². The highest BCUT2D eigenvalue weighted by molar-refractivity contribution is 5.81. The number of hydrogen-bond donors (Lipinski definition) is 1. The molecule has 126 valence electrons. The summed E-state index contributed by atoms with van der Waals surface area (Å²) in [6.45, 7) is 5.80. The van der Waals surface area contributed by atoms with E-state index in [1.165, 1.54) is 19.4 Å². The number of nitrogens with one attached hydrogen (secondary N) is 1. The lowest BCUT2D eigenvalue weighted by molar-refractivity contribution is -0.153. The molecule has 0 bridgehead atoms. The van der Waals surface area contributed by atoms with Gasteiger partial charge in [-0.15, -0.1) is 0 Å². The second kappa shape index (κ2) is 8.78. The molecule has 1 rings (SSSR count). The number of hydrogen-bond acceptors (Lipinski definition) is 6. The summed E-state index contributed by atoms with van der Waals surface area (Å²) in [4.78, 5) is 22.5. The lowest BCUT2D eigenvalue weighted by Crippen LogP contribution is -2.40. The fraction of sp³-hybridized carbons (Fsp3) is 0.750. The molecule has 6 nitrogen and oxygen atoms in total. The summed E-state index contributed by atoms with van der Waals surface area (Å²) in [5.74, 6) is -0.653. The standard InChI is InChI=1S/C16H27NO5/c1-16(2,3)22-15(19)11-17-12-5-7-13(8-6-12)21-10-9-14(18)20-4/h9-10,12-13,17H,5-8,11H2,1-4H3/b10-9+. The zero-order valence-corrected chi connectivity index (χ0v) is 13.9. The Morgan fingerprint density at radius 1 is 1.18 bits per heavy atom. The summed E-state index contributed by atoms with van der Waals surface area (Å²) in [7, 11) is 1.33. The van der Waals surface area contributed by atoms with Crippen molar-refractivity contribution >= 4 is 11.9 Å². The zero-order valence-electron chi connectivity index (χ0n) is 13.9. The molecule has 1 saturated carbocycles. The first-order chi connectivity index (χ1) is 10.3. The third-order valence-electron chi connectivity index (χ3n) is 3.31. The second-order valence-corrected chi connectivity index (χ2v) is 6.40. The largest absolute Gasteiger partial charge is 0.498 e. The van der Waals surface area contributed by atoms with Gasteiger partial charge in [0, 0.05) is 6.04 Å². The molecule has 0 aliphatic heterocycles. The number of esters is 2. The first-order valence-electron chi connectivity index (χ1n) is 7.65. The summed E-state index contributed by atoms with van der Waals surface area (Å²) < 4.78 is 15.2. The molecular formula is C16H27NO5. The van der Waals surface area contributed by atoms with E-state index in [9.17, 15) is 9.59 Å². The van der Waals surface area contributed by atoms with Crippen molar-refractivity contribution in [1.29, 1.82) is 0 Å². The molecule has 0 aromatic heterocycles. The van der Waals surface area contributed by atoms with Crippen LogP contribution in [0.3, 0.4) is 0 Å². The maximum absolute atomic E-state index is 11.6. The van der Waals surface area contributed by atoms with Crippen LogP contribution in [0.2, 0.25) is 0 Å². The van der Waals surface area contributed by atoms with Gasteiger partial charge in [0.2, 0.25) is 0 Å². The molecule has 0 heterocycles. The molecule has 0 saturated heterocycles. The highest BCUT2D eigenvalue weighted by atomic mass is 16.6. The van der Waals surface area contributed by atoms with Gasteiger partial charge in [0.15, 0.2) is 0 Å². The van der Waals surface area contributed by atoms with Gasteiger partial charge >= 0.3 is 11.9 Å². The van der Waals surface area contributed by atoms with Crippen molar-refractivity contribution in [3.05, 3.63) is 12.3 Å². The highest BCUT2D eigenvalue weighted by Crippen LogP contribution is 2.21. The Balaban J connectivity index is 2.19. The molecule has 22 heavy (non-hydrogen) atoms. The minimum absolute atomic E-state index is 0.112. The van der Waals surface area contributed by atoms with Gasteiger partial charge in [0.1, 0.15) is 5.60 Å². The average Bonchev–Trinajstić information content (AvgIpc) is 2.44. The molecule has 0 aromatic rings. The maximum atomic E-state index is 11.6. The number of carbonyl (C=O) groups is 2. The molecule has 0 aromatic carbocycles. The van der Waals surface area contributed by atoms with E-state index < -0.39 is 11.6 Å². The zero-order chi connectivity index (χ0) is 16.6. The van der Waals surface area contributed by atoms with Crippen LogP contribution in [0, 0.1) is 0 Å². The fourth-order valence-corrected chi connectivity index (χ4v) is 2.28. The van der Waals surface area contributed by atoms with Gasteiger partial charge in [-0.2, -0.15) is 0 Å². The van der Waals surface area contributed by atoms with E-state index in [0.29, 0.717) is 6.04 Å². The summed E-state index contributed by atoms with van der Waals surface area (Å²) >= 11 is 0. The molecular weight excluding hydrogens is 286 g/mol. The first-order valence-corrected chi connectivity index (χ1v) is 7.65. The van der Waals surface area contributed by atoms with E-state index in [1.54, 1.807) is 0 Å². The lowest BCUT2D eigenvalue weighted by atomic mass is 9.93. The maximum Gasteiger partial charge on any atom is 0.333 e. The summed E-state index contributed by atoms with van der Waals surface area (Å²) in [6.07, 6.45) is 6.41. The van der Waals surface area contributed by atoms with Gasteiger partial charge in [0.05, 0.1) is 32.1 Å². The van der Waals surface area contributed by atoms with Crippen LogP contribution in [-0.2, 0) is 23.8 Å². The second-order valence-electron chi connectivity index (χ2n) is 6.40. The summed E-state index contributed by atoms with van der Waals surface area (Å²) in [6, 6.07) is 0.303. The van der Waals surface area contributed by atoms with Gasteiger partial charge in [-0.3, -0.25) is 4.79 Å². The minimum Gasteiger partial charge on any atom is -0.498 e. The van der Waals surface area contributed by atoms with Crippen LogP contribution in [-0.4, -0.2) is 43.3 Å². The molecule has 1 aliphatic carbocycles. The smallest absolute Gasteiger partial charge is 0.333 e. The van der Waals surface area contributed by atoms with Gasteiger partial charge in [-0.1, -0.05) is 0 Å². The first kappa shape index (κ1) is 18.5. The van der Waals surface area contributed by atoms with Crippen molar-refractivity contribution in [1.82, 2.24) is 5.32 Å². The van der Waals surface area contributed by atoms with Crippen LogP contribution >= 0.6 is 0 Å². The number of methoxy groups -OCH3 is 1. The Kier molecular flexibility index (Phi) is 7.38. The minimum atomic E-state index is -0.448. The van der Waals surface area contributed by atoms with Crippen molar-refractivity contribution in [3.63, 3.8) is 0 Å². The molecule has 0 spiro atoms. The van der Waals surface area contributed by atoms with Gasteiger partial charge in [-0.05, 0) is 46.5 Å².